The van der Waals surface area contributed by atoms with Crippen molar-refractivity contribution in [1.29, 1.82) is 0 Å². The van der Waals surface area contributed by atoms with Crippen LogP contribution in [0.15, 0.2) is 23.1 Å². The predicted molar refractivity (Wildman–Crippen MR) is 43.8 cm³/mol. The van der Waals surface area contributed by atoms with Crippen molar-refractivity contribution >= 4 is 26.8 Å². The summed E-state index contributed by atoms with van der Waals surface area (Å²) in [5.74, 6) is -0.247. The van der Waals surface area contributed by atoms with E-state index in [0.717, 1.165) is 0 Å². The van der Waals surface area contributed by atoms with Gasteiger partial charge in [-0.05, 0) is 22.0 Å². The van der Waals surface area contributed by atoms with Gasteiger partial charge in [0.2, 0.25) is 0 Å². The summed E-state index contributed by atoms with van der Waals surface area (Å²) in [5, 5.41) is 0.562. The zero-order valence-corrected chi connectivity index (χ0v) is 7.02. The standard InChI is InChI=1S/C7H4BrFN2/c8-7-1-4-5(9)2-10-6(4)3-11-7/h1-3,10H. The van der Waals surface area contributed by atoms with Crippen molar-refractivity contribution in [1.82, 2.24) is 9.97 Å². The van der Waals surface area contributed by atoms with E-state index in [1.54, 1.807) is 12.3 Å². The molecule has 2 rings (SSSR count). The molecule has 0 aromatic carbocycles. The summed E-state index contributed by atoms with van der Waals surface area (Å²) in [6.45, 7) is 0. The molecule has 0 unspecified atom stereocenters. The van der Waals surface area contributed by atoms with Crippen molar-refractivity contribution in [2.45, 2.75) is 0 Å². The van der Waals surface area contributed by atoms with Crippen molar-refractivity contribution in [2.75, 3.05) is 0 Å². The van der Waals surface area contributed by atoms with Gasteiger partial charge < -0.3 is 4.98 Å². The number of aromatic nitrogens is 2. The molecular weight excluding hydrogens is 211 g/mol. The molecule has 0 spiro atoms. The van der Waals surface area contributed by atoms with Crippen LogP contribution in [0.1, 0.15) is 0 Å². The smallest absolute Gasteiger partial charge is 0.148 e. The van der Waals surface area contributed by atoms with Crippen LogP contribution in [-0.2, 0) is 0 Å². The van der Waals surface area contributed by atoms with Gasteiger partial charge in [0.15, 0.2) is 0 Å². The number of H-pyrrole nitrogens is 1. The van der Waals surface area contributed by atoms with Gasteiger partial charge in [0.1, 0.15) is 10.4 Å². The van der Waals surface area contributed by atoms with Crippen molar-refractivity contribution < 1.29 is 4.39 Å². The van der Waals surface area contributed by atoms with Crippen LogP contribution < -0.4 is 0 Å². The van der Waals surface area contributed by atoms with E-state index in [2.05, 4.69) is 25.9 Å². The molecule has 0 saturated carbocycles. The second-order valence-corrected chi connectivity index (χ2v) is 3.00. The molecule has 0 aliphatic carbocycles. The zero-order valence-electron chi connectivity index (χ0n) is 5.44. The van der Waals surface area contributed by atoms with Crippen molar-refractivity contribution in [3.63, 3.8) is 0 Å². The summed E-state index contributed by atoms with van der Waals surface area (Å²) >= 11 is 3.16. The van der Waals surface area contributed by atoms with Crippen LogP contribution in [0.5, 0.6) is 0 Å². The second-order valence-electron chi connectivity index (χ2n) is 2.19. The minimum absolute atomic E-state index is 0.247. The number of hydrogen-bond acceptors (Lipinski definition) is 1. The first-order valence-corrected chi connectivity index (χ1v) is 3.85. The van der Waals surface area contributed by atoms with E-state index in [4.69, 9.17) is 0 Å². The number of aromatic amines is 1. The molecule has 1 N–H and O–H groups in total. The monoisotopic (exact) mass is 214 g/mol. The molecule has 11 heavy (non-hydrogen) atoms. The highest BCUT2D eigenvalue weighted by Gasteiger charge is 2.02. The fourth-order valence-corrected chi connectivity index (χ4v) is 1.29. The molecule has 0 aliphatic rings. The van der Waals surface area contributed by atoms with Gasteiger partial charge in [0, 0.05) is 11.6 Å². The third-order valence-electron chi connectivity index (χ3n) is 1.48. The summed E-state index contributed by atoms with van der Waals surface area (Å²) in [5.41, 5.74) is 0.714. The van der Waals surface area contributed by atoms with E-state index in [9.17, 15) is 4.39 Å². The van der Waals surface area contributed by atoms with Crippen molar-refractivity contribution in [3.05, 3.63) is 28.9 Å². The Kier molecular flexibility index (Phi) is 1.42. The summed E-state index contributed by atoms with van der Waals surface area (Å²) < 4.78 is 13.5. The molecule has 0 aliphatic heterocycles. The van der Waals surface area contributed by atoms with Crippen molar-refractivity contribution in [2.24, 2.45) is 0 Å². The van der Waals surface area contributed by atoms with Crippen LogP contribution in [0.2, 0.25) is 0 Å². The largest absolute Gasteiger partial charge is 0.357 e. The molecule has 56 valence electrons. The molecule has 4 heteroatoms. The van der Waals surface area contributed by atoms with E-state index in [0.29, 0.717) is 15.5 Å². The molecule has 2 aromatic heterocycles. The highest BCUT2D eigenvalue weighted by molar-refractivity contribution is 9.10. The zero-order chi connectivity index (χ0) is 7.84. The molecule has 0 saturated heterocycles. The first-order valence-electron chi connectivity index (χ1n) is 3.05. The SMILES string of the molecule is Fc1c[nH]c2cnc(Br)cc12. The summed E-state index contributed by atoms with van der Waals surface area (Å²) in [6.07, 6.45) is 2.90. The summed E-state index contributed by atoms with van der Waals surface area (Å²) in [7, 11) is 0. The van der Waals surface area contributed by atoms with E-state index in [-0.39, 0.29) is 5.82 Å². The van der Waals surface area contributed by atoms with Gasteiger partial charge in [-0.2, -0.15) is 0 Å². The van der Waals surface area contributed by atoms with E-state index < -0.39 is 0 Å². The third-order valence-corrected chi connectivity index (χ3v) is 1.92. The van der Waals surface area contributed by atoms with Gasteiger partial charge in [-0.3, -0.25) is 0 Å². The van der Waals surface area contributed by atoms with Gasteiger partial charge in [-0.1, -0.05) is 0 Å². The molecule has 2 heterocycles. The van der Waals surface area contributed by atoms with Gasteiger partial charge >= 0.3 is 0 Å². The Labute approximate surface area is 70.6 Å². The Bertz CT molecular complexity index is 396. The van der Waals surface area contributed by atoms with Gasteiger partial charge in [0.25, 0.3) is 0 Å². The van der Waals surface area contributed by atoms with Crippen LogP contribution in [0.3, 0.4) is 0 Å². The summed E-state index contributed by atoms with van der Waals surface area (Å²) in [4.78, 5) is 6.70. The summed E-state index contributed by atoms with van der Waals surface area (Å²) in [6, 6.07) is 1.64. The number of fused-ring (bicyclic) bond motifs is 1. The Morgan fingerprint density at radius 3 is 3.18 bits per heavy atom. The lowest BCUT2D eigenvalue weighted by molar-refractivity contribution is 0.639. The van der Waals surface area contributed by atoms with Crippen LogP contribution in [-0.4, -0.2) is 9.97 Å². The molecule has 0 atom stereocenters. The van der Waals surface area contributed by atoms with Crippen LogP contribution >= 0.6 is 15.9 Å². The number of hydrogen-bond donors (Lipinski definition) is 1. The maximum absolute atomic E-state index is 12.8. The van der Waals surface area contributed by atoms with E-state index in [1.165, 1.54) is 6.20 Å². The maximum Gasteiger partial charge on any atom is 0.148 e. The predicted octanol–water partition coefficient (Wildman–Crippen LogP) is 2.46. The van der Waals surface area contributed by atoms with Crippen molar-refractivity contribution in [3.8, 4) is 0 Å². The lowest BCUT2D eigenvalue weighted by Crippen LogP contribution is -1.75. The molecule has 0 amide bonds. The fourth-order valence-electron chi connectivity index (χ4n) is 0.961. The van der Waals surface area contributed by atoms with E-state index >= 15 is 0 Å². The minimum atomic E-state index is -0.247. The first-order chi connectivity index (χ1) is 5.27. The average molecular weight is 215 g/mol. The Morgan fingerprint density at radius 1 is 1.55 bits per heavy atom. The number of halogens is 2. The first kappa shape index (κ1) is 6.79. The molecule has 0 bridgehead atoms. The lowest BCUT2D eigenvalue weighted by atomic mass is 10.3. The average Bonchev–Trinajstić information content (AvgIpc) is 2.33. The van der Waals surface area contributed by atoms with Crippen LogP contribution in [0.25, 0.3) is 10.9 Å². The highest BCUT2D eigenvalue weighted by atomic mass is 79.9. The number of nitrogens with one attached hydrogen (secondary N) is 1. The maximum atomic E-state index is 12.8. The second kappa shape index (κ2) is 2.30. The molecule has 0 radical (unpaired) electrons. The highest BCUT2D eigenvalue weighted by Crippen LogP contribution is 2.18. The molecular formula is C7H4BrFN2. The number of rotatable bonds is 0. The number of pyridine rings is 1. The van der Waals surface area contributed by atoms with Crippen LogP contribution in [0, 0.1) is 5.82 Å². The fraction of sp³-hybridized carbons (Fsp3) is 0. The Balaban J connectivity index is 2.87. The third kappa shape index (κ3) is 1.03. The molecule has 0 fully saturated rings. The van der Waals surface area contributed by atoms with Gasteiger partial charge in [-0.25, -0.2) is 9.37 Å². The lowest BCUT2D eigenvalue weighted by Gasteiger charge is -1.89. The molecule has 2 aromatic rings. The Hall–Kier alpha value is -0.900. The number of nitrogens with zero attached hydrogens (tertiary/aromatic N) is 1. The topological polar surface area (TPSA) is 28.7 Å². The Morgan fingerprint density at radius 2 is 2.36 bits per heavy atom. The normalized spacial score (nSPS) is 10.7. The minimum Gasteiger partial charge on any atom is -0.357 e. The van der Waals surface area contributed by atoms with E-state index in [1.807, 2.05) is 0 Å². The molecule has 2 nitrogen and oxygen atoms in total. The van der Waals surface area contributed by atoms with Crippen LogP contribution in [0.4, 0.5) is 4.39 Å². The quantitative estimate of drug-likeness (QED) is 0.671. The van der Waals surface area contributed by atoms with Gasteiger partial charge in [-0.15, -0.1) is 0 Å². The van der Waals surface area contributed by atoms with Gasteiger partial charge in [0.05, 0.1) is 11.7 Å².